The molecule has 0 atom stereocenters. The van der Waals surface area contributed by atoms with E-state index in [1.165, 1.54) is 0 Å². The number of carbonyl (C=O) groups excluding carboxylic acids is 1. The van der Waals surface area contributed by atoms with Crippen molar-refractivity contribution in [2.75, 3.05) is 12.4 Å². The first-order chi connectivity index (χ1) is 13.5. The standard InChI is InChI=1S/C21H15BrClN3O2/c1-28-19-9-7-13(10-14(19)22)21(27)26-18-11-12(6-8-15(18)23)20-24-16-4-2-3-5-17(16)25-20/h2-11H,1H3,(H,24,25)(H,26,27). The predicted molar refractivity (Wildman–Crippen MR) is 115 cm³/mol. The van der Waals surface area contributed by atoms with Gasteiger partial charge in [0.15, 0.2) is 0 Å². The molecule has 0 fully saturated rings. The quantitative estimate of drug-likeness (QED) is 0.401. The molecule has 4 aromatic rings. The number of fused-ring (bicyclic) bond motifs is 1. The van der Waals surface area contributed by atoms with Crippen LogP contribution < -0.4 is 10.1 Å². The van der Waals surface area contributed by atoms with Crippen molar-refractivity contribution in [2.45, 2.75) is 0 Å². The third-order valence-electron chi connectivity index (χ3n) is 4.29. The smallest absolute Gasteiger partial charge is 0.255 e. The van der Waals surface area contributed by atoms with E-state index in [1.807, 2.05) is 30.3 Å². The fourth-order valence-corrected chi connectivity index (χ4v) is 3.57. The van der Waals surface area contributed by atoms with Crippen LogP contribution in [0.4, 0.5) is 5.69 Å². The number of nitrogens with zero attached hydrogens (tertiary/aromatic N) is 1. The van der Waals surface area contributed by atoms with E-state index in [-0.39, 0.29) is 5.91 Å². The largest absolute Gasteiger partial charge is 0.496 e. The zero-order chi connectivity index (χ0) is 19.7. The van der Waals surface area contributed by atoms with Crippen molar-refractivity contribution in [3.8, 4) is 17.1 Å². The summed E-state index contributed by atoms with van der Waals surface area (Å²) >= 11 is 9.69. The lowest BCUT2D eigenvalue weighted by molar-refractivity contribution is 0.102. The molecule has 5 nitrogen and oxygen atoms in total. The maximum Gasteiger partial charge on any atom is 0.255 e. The fraction of sp³-hybridized carbons (Fsp3) is 0.0476. The summed E-state index contributed by atoms with van der Waals surface area (Å²) in [5, 5.41) is 3.31. The summed E-state index contributed by atoms with van der Waals surface area (Å²) in [5.41, 5.74) is 3.64. The lowest BCUT2D eigenvalue weighted by atomic mass is 10.1. The SMILES string of the molecule is COc1ccc(C(=O)Nc2cc(-c3nc4ccccc4[nH]3)ccc2Cl)cc1Br. The molecule has 0 spiro atoms. The van der Waals surface area contributed by atoms with Crippen LogP contribution in [0.5, 0.6) is 5.75 Å². The summed E-state index contributed by atoms with van der Waals surface area (Å²) in [5.74, 6) is 1.09. The summed E-state index contributed by atoms with van der Waals surface area (Å²) in [6.07, 6.45) is 0. The lowest BCUT2D eigenvalue weighted by Crippen LogP contribution is -2.12. The summed E-state index contributed by atoms with van der Waals surface area (Å²) in [7, 11) is 1.57. The minimum atomic E-state index is -0.271. The van der Waals surface area contributed by atoms with E-state index >= 15 is 0 Å². The van der Waals surface area contributed by atoms with E-state index in [1.54, 1.807) is 37.4 Å². The van der Waals surface area contributed by atoms with Crippen molar-refractivity contribution in [3.05, 3.63) is 75.7 Å². The number of para-hydroxylation sites is 2. The second kappa shape index (κ2) is 7.66. The van der Waals surface area contributed by atoms with Gasteiger partial charge in [-0.3, -0.25) is 4.79 Å². The molecule has 0 saturated heterocycles. The molecule has 1 aromatic heterocycles. The Morgan fingerprint density at radius 1 is 1.14 bits per heavy atom. The Kier molecular flexibility index (Phi) is 5.07. The molecule has 0 unspecified atom stereocenters. The van der Waals surface area contributed by atoms with Crippen LogP contribution in [0.15, 0.2) is 65.1 Å². The van der Waals surface area contributed by atoms with Gasteiger partial charge in [-0.2, -0.15) is 0 Å². The molecule has 0 aliphatic heterocycles. The molecule has 28 heavy (non-hydrogen) atoms. The highest BCUT2D eigenvalue weighted by Crippen LogP contribution is 2.30. The molecule has 7 heteroatoms. The van der Waals surface area contributed by atoms with Crippen LogP contribution in [0.2, 0.25) is 5.02 Å². The van der Waals surface area contributed by atoms with Crippen molar-refractivity contribution in [1.82, 2.24) is 9.97 Å². The summed E-state index contributed by atoms with van der Waals surface area (Å²) in [6.45, 7) is 0. The van der Waals surface area contributed by atoms with Crippen LogP contribution in [0.1, 0.15) is 10.4 Å². The molecule has 1 heterocycles. The number of methoxy groups -OCH3 is 1. The van der Waals surface area contributed by atoms with Gasteiger partial charge in [-0.15, -0.1) is 0 Å². The first-order valence-electron chi connectivity index (χ1n) is 8.45. The van der Waals surface area contributed by atoms with Crippen LogP contribution in [-0.4, -0.2) is 23.0 Å². The maximum atomic E-state index is 12.7. The van der Waals surface area contributed by atoms with E-state index in [0.29, 0.717) is 32.3 Å². The van der Waals surface area contributed by atoms with Gasteiger partial charge in [-0.25, -0.2) is 4.98 Å². The highest BCUT2D eigenvalue weighted by molar-refractivity contribution is 9.10. The number of imidazole rings is 1. The molecular weight excluding hydrogens is 442 g/mol. The van der Waals surface area contributed by atoms with Crippen molar-refractivity contribution in [1.29, 1.82) is 0 Å². The number of hydrogen-bond acceptors (Lipinski definition) is 3. The average Bonchev–Trinajstić information content (AvgIpc) is 3.13. The molecule has 4 rings (SSSR count). The number of H-pyrrole nitrogens is 1. The summed E-state index contributed by atoms with van der Waals surface area (Å²) in [4.78, 5) is 20.5. The lowest BCUT2D eigenvalue weighted by Gasteiger charge is -2.10. The summed E-state index contributed by atoms with van der Waals surface area (Å²) < 4.78 is 5.90. The average molecular weight is 457 g/mol. The Morgan fingerprint density at radius 2 is 1.96 bits per heavy atom. The first-order valence-corrected chi connectivity index (χ1v) is 9.62. The van der Waals surface area contributed by atoms with Gasteiger partial charge >= 0.3 is 0 Å². The number of hydrogen-bond donors (Lipinski definition) is 2. The third-order valence-corrected chi connectivity index (χ3v) is 5.24. The second-order valence-corrected chi connectivity index (χ2v) is 7.36. The van der Waals surface area contributed by atoms with Crippen LogP contribution in [0.25, 0.3) is 22.4 Å². The Labute approximate surface area is 174 Å². The molecule has 0 aliphatic rings. The molecular formula is C21H15BrClN3O2. The maximum absolute atomic E-state index is 12.7. The highest BCUT2D eigenvalue weighted by atomic mass is 79.9. The molecule has 1 amide bonds. The van der Waals surface area contributed by atoms with Gasteiger partial charge in [-0.05, 0) is 64.5 Å². The van der Waals surface area contributed by atoms with Gasteiger partial charge < -0.3 is 15.0 Å². The van der Waals surface area contributed by atoms with Crippen molar-refractivity contribution in [2.24, 2.45) is 0 Å². The van der Waals surface area contributed by atoms with E-state index in [0.717, 1.165) is 16.6 Å². The van der Waals surface area contributed by atoms with Gasteiger partial charge in [0.1, 0.15) is 11.6 Å². The number of nitrogens with one attached hydrogen (secondary N) is 2. The van der Waals surface area contributed by atoms with Crippen molar-refractivity contribution < 1.29 is 9.53 Å². The van der Waals surface area contributed by atoms with E-state index in [2.05, 4.69) is 31.2 Å². The number of aromatic amines is 1. The normalized spacial score (nSPS) is 10.8. The van der Waals surface area contributed by atoms with Gasteiger partial charge in [0.05, 0.1) is 33.3 Å². The minimum absolute atomic E-state index is 0.271. The number of benzene rings is 3. The van der Waals surface area contributed by atoms with E-state index in [4.69, 9.17) is 16.3 Å². The zero-order valence-corrected chi connectivity index (χ0v) is 17.1. The zero-order valence-electron chi connectivity index (χ0n) is 14.8. The molecule has 140 valence electrons. The Morgan fingerprint density at radius 3 is 2.71 bits per heavy atom. The number of carbonyl (C=O) groups is 1. The third kappa shape index (κ3) is 3.61. The topological polar surface area (TPSA) is 67.0 Å². The van der Waals surface area contributed by atoms with E-state index in [9.17, 15) is 4.79 Å². The number of amides is 1. The number of anilines is 1. The monoisotopic (exact) mass is 455 g/mol. The van der Waals surface area contributed by atoms with Crippen molar-refractivity contribution >= 4 is 50.2 Å². The fourth-order valence-electron chi connectivity index (χ4n) is 2.86. The second-order valence-electron chi connectivity index (χ2n) is 6.10. The molecule has 3 aromatic carbocycles. The van der Waals surface area contributed by atoms with Crippen LogP contribution in [0.3, 0.4) is 0 Å². The number of ether oxygens (including phenoxy) is 1. The van der Waals surface area contributed by atoms with Gasteiger partial charge in [-0.1, -0.05) is 23.7 Å². The molecule has 0 radical (unpaired) electrons. The number of rotatable bonds is 4. The van der Waals surface area contributed by atoms with Crippen LogP contribution >= 0.6 is 27.5 Å². The van der Waals surface area contributed by atoms with Crippen LogP contribution in [-0.2, 0) is 0 Å². The highest BCUT2D eigenvalue weighted by Gasteiger charge is 2.13. The Hall–Kier alpha value is -2.83. The van der Waals surface area contributed by atoms with Gasteiger partial charge in [0, 0.05) is 11.1 Å². The molecule has 0 saturated carbocycles. The van der Waals surface area contributed by atoms with Crippen LogP contribution in [0, 0.1) is 0 Å². The Bertz CT molecular complexity index is 1160. The minimum Gasteiger partial charge on any atom is -0.496 e. The number of halogens is 2. The first kappa shape index (κ1) is 18.5. The van der Waals surface area contributed by atoms with Crippen molar-refractivity contribution in [3.63, 3.8) is 0 Å². The van der Waals surface area contributed by atoms with E-state index < -0.39 is 0 Å². The Balaban J connectivity index is 1.63. The molecule has 0 bridgehead atoms. The molecule has 0 aliphatic carbocycles. The molecule has 2 N–H and O–H groups in total. The number of aromatic nitrogens is 2. The predicted octanol–water partition coefficient (Wildman–Crippen LogP) is 5.91. The van der Waals surface area contributed by atoms with Gasteiger partial charge in [0.25, 0.3) is 5.91 Å². The summed E-state index contributed by atoms with van der Waals surface area (Å²) in [6, 6.07) is 18.3. The van der Waals surface area contributed by atoms with Gasteiger partial charge in [0.2, 0.25) is 0 Å².